The number of fused-ring (bicyclic) bond motifs is 3. The maximum absolute atomic E-state index is 5.73. The maximum Gasteiger partial charge on any atom is 0.188 e. The van der Waals surface area contributed by atoms with Crippen molar-refractivity contribution in [1.29, 1.82) is 0 Å². The van der Waals surface area contributed by atoms with Gasteiger partial charge in [0.1, 0.15) is 16.2 Å². The maximum atomic E-state index is 5.73. The number of H-pyrrole nitrogens is 1. The van der Waals surface area contributed by atoms with Crippen molar-refractivity contribution < 1.29 is 9.47 Å². The van der Waals surface area contributed by atoms with E-state index >= 15 is 0 Å². The van der Waals surface area contributed by atoms with Crippen molar-refractivity contribution in [3.8, 4) is 17.0 Å². The number of nitrogens with one attached hydrogen (secondary N) is 1. The molecule has 0 saturated carbocycles. The van der Waals surface area contributed by atoms with Crippen LogP contribution in [0.3, 0.4) is 0 Å². The van der Waals surface area contributed by atoms with Crippen LogP contribution in [0.25, 0.3) is 22.3 Å². The molecule has 4 heterocycles. The second kappa shape index (κ2) is 8.24. The molecule has 1 aliphatic rings. The minimum atomic E-state index is 0.116. The minimum Gasteiger partial charge on any atom is -0.467 e. The SMILES string of the molecule is COCOc1ccccc1-c1cc2c3c([nH]c2nn1)CCN(c1cnc(Br)cn1)C3C. The van der Waals surface area contributed by atoms with Crippen molar-refractivity contribution in [1.82, 2.24) is 25.1 Å². The summed E-state index contributed by atoms with van der Waals surface area (Å²) in [5.74, 6) is 1.57. The molecule has 4 aromatic rings. The first-order chi connectivity index (χ1) is 15.2. The molecule has 0 bridgehead atoms. The molecule has 0 saturated heterocycles. The van der Waals surface area contributed by atoms with Crippen LogP contribution in [0.15, 0.2) is 47.3 Å². The zero-order chi connectivity index (χ0) is 21.4. The van der Waals surface area contributed by atoms with E-state index < -0.39 is 0 Å². The van der Waals surface area contributed by atoms with Gasteiger partial charge in [0.2, 0.25) is 0 Å². The van der Waals surface area contributed by atoms with E-state index in [9.17, 15) is 0 Å². The quantitative estimate of drug-likeness (QED) is 0.426. The molecule has 8 nitrogen and oxygen atoms in total. The minimum absolute atomic E-state index is 0.116. The first-order valence-electron chi connectivity index (χ1n) is 9.99. The van der Waals surface area contributed by atoms with Crippen LogP contribution >= 0.6 is 15.9 Å². The number of benzene rings is 1. The molecule has 158 valence electrons. The molecular weight excluding hydrogens is 460 g/mol. The Morgan fingerprint density at radius 1 is 1.19 bits per heavy atom. The summed E-state index contributed by atoms with van der Waals surface area (Å²) in [4.78, 5) is 14.6. The fraction of sp³-hybridized carbons (Fsp3) is 0.273. The third-order valence-corrected chi connectivity index (χ3v) is 5.97. The molecule has 1 N–H and O–H groups in total. The molecule has 31 heavy (non-hydrogen) atoms. The Kier molecular flexibility index (Phi) is 5.29. The highest BCUT2D eigenvalue weighted by molar-refractivity contribution is 9.10. The van der Waals surface area contributed by atoms with E-state index in [2.05, 4.69) is 59.0 Å². The van der Waals surface area contributed by atoms with Gasteiger partial charge in [-0.25, -0.2) is 9.97 Å². The van der Waals surface area contributed by atoms with Crippen LogP contribution in [0.4, 0.5) is 5.82 Å². The van der Waals surface area contributed by atoms with E-state index in [4.69, 9.17) is 9.47 Å². The fourth-order valence-electron chi connectivity index (χ4n) is 4.14. The number of aromatic nitrogens is 5. The third-order valence-electron chi connectivity index (χ3n) is 5.56. The number of nitrogens with zero attached hydrogens (tertiary/aromatic N) is 5. The van der Waals surface area contributed by atoms with Crippen LogP contribution in [-0.2, 0) is 11.2 Å². The number of ether oxygens (including phenoxy) is 2. The average Bonchev–Trinajstić information content (AvgIpc) is 3.17. The Morgan fingerprint density at radius 3 is 2.87 bits per heavy atom. The lowest BCUT2D eigenvalue weighted by Gasteiger charge is -2.34. The summed E-state index contributed by atoms with van der Waals surface area (Å²) in [6.45, 7) is 3.21. The van der Waals surface area contributed by atoms with Crippen molar-refractivity contribution in [2.45, 2.75) is 19.4 Å². The number of hydrogen-bond donors (Lipinski definition) is 1. The zero-order valence-corrected chi connectivity index (χ0v) is 18.8. The number of anilines is 1. The zero-order valence-electron chi connectivity index (χ0n) is 17.2. The fourth-order valence-corrected chi connectivity index (χ4v) is 4.35. The van der Waals surface area contributed by atoms with Crippen LogP contribution in [0, 0.1) is 0 Å². The third kappa shape index (κ3) is 3.64. The van der Waals surface area contributed by atoms with Gasteiger partial charge in [-0.15, -0.1) is 10.2 Å². The summed E-state index contributed by atoms with van der Waals surface area (Å²) in [7, 11) is 1.60. The first kappa shape index (κ1) is 19.9. The van der Waals surface area contributed by atoms with Gasteiger partial charge in [-0.2, -0.15) is 0 Å². The second-order valence-corrected chi connectivity index (χ2v) is 8.19. The molecule has 1 aromatic carbocycles. The van der Waals surface area contributed by atoms with Crippen LogP contribution in [0.2, 0.25) is 0 Å². The number of rotatable bonds is 5. The lowest BCUT2D eigenvalue weighted by molar-refractivity contribution is 0.0515. The van der Waals surface area contributed by atoms with Gasteiger partial charge in [-0.05, 0) is 41.1 Å². The number of aromatic amines is 1. The molecule has 0 radical (unpaired) electrons. The van der Waals surface area contributed by atoms with E-state index in [-0.39, 0.29) is 12.8 Å². The van der Waals surface area contributed by atoms with Crippen LogP contribution in [0.1, 0.15) is 24.2 Å². The normalized spacial score (nSPS) is 15.8. The van der Waals surface area contributed by atoms with Gasteiger partial charge < -0.3 is 19.4 Å². The van der Waals surface area contributed by atoms with E-state index in [0.717, 1.165) is 45.7 Å². The van der Waals surface area contributed by atoms with Gasteiger partial charge >= 0.3 is 0 Å². The standard InChI is InChI=1S/C22H21BrN6O2/c1-13-21-15-9-17(14-5-3-4-6-18(14)31-12-30-2)27-28-22(15)26-16(21)7-8-29(13)20-11-24-19(23)10-25-20/h3-6,9-11,13H,7-8,12H2,1-2H3,(H,26,28). The lowest BCUT2D eigenvalue weighted by atomic mass is 9.97. The van der Waals surface area contributed by atoms with Gasteiger partial charge in [0.25, 0.3) is 0 Å². The summed E-state index contributed by atoms with van der Waals surface area (Å²) < 4.78 is 11.5. The van der Waals surface area contributed by atoms with E-state index in [0.29, 0.717) is 5.75 Å². The topological polar surface area (TPSA) is 89.0 Å². The van der Waals surface area contributed by atoms with E-state index in [1.54, 1.807) is 19.5 Å². The smallest absolute Gasteiger partial charge is 0.188 e. The van der Waals surface area contributed by atoms with Gasteiger partial charge in [-0.3, -0.25) is 0 Å². The number of methoxy groups -OCH3 is 1. The number of para-hydroxylation sites is 1. The van der Waals surface area contributed by atoms with Crippen molar-refractivity contribution in [3.63, 3.8) is 0 Å². The Balaban J connectivity index is 1.57. The molecule has 5 rings (SSSR count). The Hall–Kier alpha value is -3.04. The van der Waals surface area contributed by atoms with Gasteiger partial charge in [-0.1, -0.05) is 12.1 Å². The summed E-state index contributed by atoms with van der Waals surface area (Å²) in [5.41, 5.74) is 4.84. The molecule has 3 aromatic heterocycles. The van der Waals surface area contributed by atoms with Gasteiger partial charge in [0.15, 0.2) is 12.4 Å². The van der Waals surface area contributed by atoms with Crippen molar-refractivity contribution in [2.75, 3.05) is 25.3 Å². The average molecular weight is 481 g/mol. The molecule has 1 aliphatic heterocycles. The second-order valence-electron chi connectivity index (χ2n) is 7.37. The van der Waals surface area contributed by atoms with Crippen LogP contribution in [-0.4, -0.2) is 45.6 Å². The number of halogens is 1. The predicted molar refractivity (Wildman–Crippen MR) is 121 cm³/mol. The van der Waals surface area contributed by atoms with Crippen molar-refractivity contribution in [3.05, 3.63) is 58.6 Å². The van der Waals surface area contributed by atoms with Crippen molar-refractivity contribution in [2.24, 2.45) is 0 Å². The molecule has 0 amide bonds. The van der Waals surface area contributed by atoms with Gasteiger partial charge in [0.05, 0.1) is 24.1 Å². The predicted octanol–water partition coefficient (Wildman–Crippen LogP) is 4.28. The van der Waals surface area contributed by atoms with Gasteiger partial charge in [0, 0.05) is 42.3 Å². The van der Waals surface area contributed by atoms with Crippen LogP contribution in [0.5, 0.6) is 5.75 Å². The molecule has 0 spiro atoms. The molecule has 0 fully saturated rings. The highest BCUT2D eigenvalue weighted by Crippen LogP contribution is 2.38. The molecule has 0 aliphatic carbocycles. The first-order valence-corrected chi connectivity index (χ1v) is 10.8. The molecular formula is C22H21BrN6O2. The summed E-state index contributed by atoms with van der Waals surface area (Å²) >= 11 is 3.36. The van der Waals surface area contributed by atoms with E-state index in [1.165, 1.54) is 11.3 Å². The number of hydrogen-bond acceptors (Lipinski definition) is 7. The largest absolute Gasteiger partial charge is 0.467 e. The molecule has 1 atom stereocenters. The monoisotopic (exact) mass is 480 g/mol. The van der Waals surface area contributed by atoms with Crippen LogP contribution < -0.4 is 9.64 Å². The Morgan fingerprint density at radius 2 is 2.06 bits per heavy atom. The summed E-state index contributed by atoms with van der Waals surface area (Å²) in [5, 5.41) is 10.00. The highest BCUT2D eigenvalue weighted by Gasteiger charge is 2.29. The summed E-state index contributed by atoms with van der Waals surface area (Å²) in [6.07, 6.45) is 4.40. The molecule has 1 unspecified atom stereocenters. The van der Waals surface area contributed by atoms with Crippen molar-refractivity contribution >= 4 is 32.8 Å². The highest BCUT2D eigenvalue weighted by atomic mass is 79.9. The van der Waals surface area contributed by atoms with E-state index in [1.807, 2.05) is 24.3 Å². The summed E-state index contributed by atoms with van der Waals surface area (Å²) in [6, 6.07) is 9.98. The Bertz CT molecular complexity index is 1230. The lowest BCUT2D eigenvalue weighted by Crippen LogP contribution is -2.34. The molecule has 9 heteroatoms. The Labute approximate surface area is 187 Å².